The lowest BCUT2D eigenvalue weighted by Gasteiger charge is -2.25. The highest BCUT2D eigenvalue weighted by Gasteiger charge is 2.27. The van der Waals surface area contributed by atoms with Crippen LogP contribution in [-0.2, 0) is 9.53 Å². The van der Waals surface area contributed by atoms with Gasteiger partial charge in [0.05, 0.1) is 18.9 Å². The normalized spacial score (nSPS) is 15.4. The smallest absolute Gasteiger partial charge is 0.254 e. The molecule has 42 heavy (non-hydrogen) atoms. The summed E-state index contributed by atoms with van der Waals surface area (Å²) in [6.07, 6.45) is 3.50. The Morgan fingerprint density at radius 2 is 1.83 bits per heavy atom. The summed E-state index contributed by atoms with van der Waals surface area (Å²) in [5.74, 6) is 1.52. The van der Waals surface area contributed by atoms with Crippen molar-refractivity contribution >= 4 is 17.8 Å². The second-order valence-corrected chi connectivity index (χ2v) is 10.3. The highest BCUT2D eigenvalue weighted by molar-refractivity contribution is 5.99. The first-order chi connectivity index (χ1) is 20.5. The molecule has 1 atom stereocenters. The van der Waals surface area contributed by atoms with Gasteiger partial charge in [-0.1, -0.05) is 17.7 Å². The summed E-state index contributed by atoms with van der Waals surface area (Å²) in [4.78, 5) is 33.5. The van der Waals surface area contributed by atoms with E-state index >= 15 is 0 Å². The first kappa shape index (κ1) is 27.3. The molecule has 1 N–H and O–H groups in total. The molecule has 2 aliphatic heterocycles. The minimum atomic E-state index is -0.373. The van der Waals surface area contributed by atoms with Crippen molar-refractivity contribution in [2.45, 2.75) is 25.9 Å². The van der Waals surface area contributed by atoms with Gasteiger partial charge in [-0.15, -0.1) is 0 Å². The second kappa shape index (κ2) is 12.0. The molecule has 0 bridgehead atoms. The summed E-state index contributed by atoms with van der Waals surface area (Å²) in [6.45, 7) is 2.89. The number of methoxy groups -OCH3 is 1. The lowest BCUT2D eigenvalue weighted by molar-refractivity contribution is -0.117. The number of amides is 2. The predicted molar refractivity (Wildman–Crippen MR) is 156 cm³/mol. The van der Waals surface area contributed by atoms with Crippen molar-refractivity contribution in [3.8, 4) is 34.2 Å². The van der Waals surface area contributed by atoms with E-state index in [-0.39, 0.29) is 31.3 Å². The van der Waals surface area contributed by atoms with Crippen molar-refractivity contribution in [3.63, 3.8) is 0 Å². The molecule has 2 amide bonds. The lowest BCUT2D eigenvalue weighted by atomic mass is 10.1. The molecule has 2 aliphatic rings. The summed E-state index contributed by atoms with van der Waals surface area (Å²) in [5, 5.41) is 2.95. The van der Waals surface area contributed by atoms with E-state index in [9.17, 15) is 9.59 Å². The number of aryl methyl sites for hydroxylation is 1. The standard InChI is InChI=1S/C32H32N4O6/c1-21-5-10-24(11-6-21)36-18-27(22-7-12-25(39-2)13-8-22)33-32(36)34-30(37)19-35(17-26-4-3-15-40-26)31(38)23-9-14-28-29(16-23)42-20-41-28/h5-14,16,18,26H,3-4,15,17,19-20H2,1-2H3,(H,33,34,37). The van der Waals surface area contributed by atoms with E-state index in [0.717, 1.165) is 35.4 Å². The van der Waals surface area contributed by atoms with Crippen LogP contribution in [0.5, 0.6) is 17.2 Å². The van der Waals surface area contributed by atoms with Gasteiger partial charge in [-0.25, -0.2) is 4.98 Å². The van der Waals surface area contributed by atoms with Crippen LogP contribution in [0, 0.1) is 6.92 Å². The van der Waals surface area contributed by atoms with Crippen molar-refractivity contribution in [1.82, 2.24) is 14.5 Å². The molecule has 1 aromatic heterocycles. The van der Waals surface area contributed by atoms with Crippen LogP contribution in [0.3, 0.4) is 0 Å². The Bertz CT molecular complexity index is 1580. The molecule has 3 heterocycles. The zero-order valence-electron chi connectivity index (χ0n) is 23.5. The number of hydrogen-bond acceptors (Lipinski definition) is 7. The number of hydrogen-bond donors (Lipinski definition) is 1. The van der Waals surface area contributed by atoms with Crippen molar-refractivity contribution in [3.05, 3.63) is 84.1 Å². The molecule has 1 saturated heterocycles. The predicted octanol–water partition coefficient (Wildman–Crippen LogP) is 4.84. The molecule has 4 aromatic rings. The number of carbonyl (C=O) groups is 2. The van der Waals surface area contributed by atoms with Crippen LogP contribution in [-0.4, -0.2) is 66.0 Å². The monoisotopic (exact) mass is 568 g/mol. The molecule has 0 saturated carbocycles. The average Bonchev–Trinajstić information content (AvgIpc) is 3.78. The summed E-state index contributed by atoms with van der Waals surface area (Å²) < 4.78 is 23.8. The maximum atomic E-state index is 13.6. The number of ether oxygens (including phenoxy) is 4. The fraction of sp³-hybridized carbons (Fsp3) is 0.281. The van der Waals surface area contributed by atoms with Crippen LogP contribution in [0.4, 0.5) is 5.95 Å². The minimum absolute atomic E-state index is 0.112. The van der Waals surface area contributed by atoms with Crippen LogP contribution >= 0.6 is 0 Å². The third-order valence-corrected chi connectivity index (χ3v) is 7.34. The molecule has 3 aromatic carbocycles. The number of fused-ring (bicyclic) bond motifs is 1. The van der Waals surface area contributed by atoms with Crippen LogP contribution in [0.15, 0.2) is 72.9 Å². The van der Waals surface area contributed by atoms with Gasteiger partial charge < -0.3 is 23.8 Å². The zero-order valence-corrected chi connectivity index (χ0v) is 23.5. The van der Waals surface area contributed by atoms with E-state index < -0.39 is 0 Å². The van der Waals surface area contributed by atoms with Gasteiger partial charge in [-0.05, 0) is 74.4 Å². The van der Waals surface area contributed by atoms with E-state index in [4.69, 9.17) is 23.9 Å². The van der Waals surface area contributed by atoms with Crippen molar-refractivity contribution < 1.29 is 28.5 Å². The van der Waals surface area contributed by atoms with Gasteiger partial charge in [0.1, 0.15) is 12.3 Å². The SMILES string of the molecule is COc1ccc(-c2cn(-c3ccc(C)cc3)c(NC(=O)CN(CC3CCCO3)C(=O)c3ccc4c(c3)OCO4)n2)cc1. The third kappa shape index (κ3) is 5.94. The lowest BCUT2D eigenvalue weighted by Crippen LogP contribution is -2.42. The topological polar surface area (TPSA) is 104 Å². The fourth-order valence-corrected chi connectivity index (χ4v) is 5.07. The minimum Gasteiger partial charge on any atom is -0.497 e. The molecule has 1 unspecified atom stereocenters. The van der Waals surface area contributed by atoms with Crippen LogP contribution in [0.2, 0.25) is 0 Å². The van der Waals surface area contributed by atoms with Crippen LogP contribution in [0.1, 0.15) is 28.8 Å². The van der Waals surface area contributed by atoms with E-state index in [0.29, 0.717) is 41.9 Å². The molecule has 0 aliphatic carbocycles. The first-order valence-corrected chi connectivity index (χ1v) is 13.9. The Balaban J connectivity index is 1.26. The molecule has 0 spiro atoms. The highest BCUT2D eigenvalue weighted by Crippen LogP contribution is 2.33. The van der Waals surface area contributed by atoms with E-state index in [1.54, 1.807) is 25.3 Å². The Kier molecular flexibility index (Phi) is 7.78. The van der Waals surface area contributed by atoms with Crippen molar-refractivity contribution in [1.29, 1.82) is 0 Å². The number of carbonyl (C=O) groups excluding carboxylic acids is 2. The van der Waals surface area contributed by atoms with Gasteiger partial charge in [0.15, 0.2) is 11.5 Å². The second-order valence-electron chi connectivity index (χ2n) is 10.3. The first-order valence-electron chi connectivity index (χ1n) is 13.9. The van der Waals surface area contributed by atoms with Gasteiger partial charge >= 0.3 is 0 Å². The maximum Gasteiger partial charge on any atom is 0.254 e. The molecule has 216 valence electrons. The fourth-order valence-electron chi connectivity index (χ4n) is 5.07. The summed E-state index contributed by atoms with van der Waals surface area (Å²) in [6, 6.07) is 20.5. The number of imidazole rings is 1. The van der Waals surface area contributed by atoms with Gasteiger partial charge in [0, 0.05) is 36.2 Å². The molecular formula is C32H32N4O6. The van der Waals surface area contributed by atoms with Gasteiger partial charge in [0.25, 0.3) is 5.91 Å². The Morgan fingerprint density at radius 3 is 2.57 bits per heavy atom. The number of benzene rings is 3. The molecule has 6 rings (SSSR count). The number of anilines is 1. The van der Waals surface area contributed by atoms with E-state index in [2.05, 4.69) is 5.32 Å². The average molecular weight is 569 g/mol. The number of rotatable bonds is 9. The van der Waals surface area contributed by atoms with Crippen LogP contribution < -0.4 is 19.5 Å². The third-order valence-electron chi connectivity index (χ3n) is 7.34. The summed E-state index contributed by atoms with van der Waals surface area (Å²) >= 11 is 0. The summed E-state index contributed by atoms with van der Waals surface area (Å²) in [5.41, 5.74) is 3.92. The summed E-state index contributed by atoms with van der Waals surface area (Å²) in [7, 11) is 1.62. The number of nitrogens with one attached hydrogen (secondary N) is 1. The molecule has 0 radical (unpaired) electrons. The number of aromatic nitrogens is 2. The Labute approximate surface area is 243 Å². The van der Waals surface area contributed by atoms with E-state index in [1.165, 1.54) is 4.90 Å². The van der Waals surface area contributed by atoms with Gasteiger partial charge in [-0.2, -0.15) is 0 Å². The molecular weight excluding hydrogens is 536 g/mol. The van der Waals surface area contributed by atoms with Crippen molar-refractivity contribution in [2.75, 3.05) is 38.9 Å². The number of nitrogens with zero attached hydrogens (tertiary/aromatic N) is 3. The maximum absolute atomic E-state index is 13.6. The zero-order chi connectivity index (χ0) is 29.1. The van der Waals surface area contributed by atoms with Gasteiger partial charge in [0.2, 0.25) is 18.6 Å². The Hall–Kier alpha value is -4.83. The van der Waals surface area contributed by atoms with Crippen molar-refractivity contribution in [2.24, 2.45) is 0 Å². The van der Waals surface area contributed by atoms with Crippen LogP contribution in [0.25, 0.3) is 16.9 Å². The Morgan fingerprint density at radius 1 is 1.05 bits per heavy atom. The molecule has 10 heteroatoms. The quantitative estimate of drug-likeness (QED) is 0.308. The largest absolute Gasteiger partial charge is 0.497 e. The highest BCUT2D eigenvalue weighted by atomic mass is 16.7. The van der Waals surface area contributed by atoms with E-state index in [1.807, 2.05) is 66.2 Å². The molecule has 1 fully saturated rings. The van der Waals surface area contributed by atoms with Gasteiger partial charge in [-0.3, -0.25) is 19.5 Å². The molecule has 10 nitrogen and oxygen atoms in total.